The number of hydrogen-bond donors (Lipinski definition) is 2. The van der Waals surface area contributed by atoms with Gasteiger partial charge in [-0.25, -0.2) is 9.97 Å². The molecule has 2 aromatic rings. The van der Waals surface area contributed by atoms with Crippen molar-refractivity contribution in [1.82, 2.24) is 15.0 Å². The molecule has 0 fully saturated rings. The molecule has 0 atom stereocenters. The molecule has 1 aliphatic carbocycles. The number of imidazole rings is 1. The Hall–Kier alpha value is -1.88. The van der Waals surface area contributed by atoms with Gasteiger partial charge < -0.3 is 15.5 Å². The van der Waals surface area contributed by atoms with E-state index in [1.165, 1.54) is 0 Å². The van der Waals surface area contributed by atoms with Crippen LogP contribution < -0.4 is 5.73 Å². The zero-order valence-corrected chi connectivity index (χ0v) is 12.4. The highest BCUT2D eigenvalue weighted by Crippen LogP contribution is 2.28. The normalized spacial score (nSPS) is 12.9. The molecule has 0 unspecified atom stereocenters. The van der Waals surface area contributed by atoms with E-state index in [2.05, 4.69) is 27.1 Å². The predicted octanol–water partition coefficient (Wildman–Crippen LogP) is 3.06. The first-order chi connectivity index (χ1) is 9.79. The Morgan fingerprint density at radius 3 is 2.90 bits per heavy atom. The van der Waals surface area contributed by atoms with Crippen molar-refractivity contribution < 1.29 is 4.74 Å². The number of aromatic amines is 1. The summed E-state index contributed by atoms with van der Waals surface area (Å²) in [6.45, 7) is 7.11. The quantitative estimate of drug-likeness (QED) is 0.901. The van der Waals surface area contributed by atoms with Gasteiger partial charge in [-0.05, 0) is 19.8 Å². The third kappa shape index (κ3) is 2.67. The SMILES string of the molecule is CC.CCOCc1nc2c3c(nc(N)c2[nH]1)CCC=C3. The minimum atomic E-state index is 0.475. The molecule has 0 aromatic carbocycles. The molecule has 1 aliphatic rings. The van der Waals surface area contributed by atoms with E-state index < -0.39 is 0 Å². The van der Waals surface area contributed by atoms with E-state index in [9.17, 15) is 0 Å². The smallest absolute Gasteiger partial charge is 0.149 e. The molecule has 0 spiro atoms. The van der Waals surface area contributed by atoms with Gasteiger partial charge in [0.15, 0.2) is 0 Å². The van der Waals surface area contributed by atoms with Crippen LogP contribution in [-0.4, -0.2) is 21.6 Å². The van der Waals surface area contributed by atoms with Gasteiger partial charge in [-0.1, -0.05) is 26.0 Å². The third-order valence-corrected chi connectivity index (χ3v) is 3.11. The van der Waals surface area contributed by atoms with Crippen molar-refractivity contribution >= 4 is 22.9 Å². The van der Waals surface area contributed by atoms with Crippen molar-refractivity contribution in [2.45, 2.75) is 40.2 Å². The number of nitrogen functional groups attached to an aromatic ring is 1. The molecule has 0 bridgehead atoms. The number of pyridine rings is 1. The van der Waals surface area contributed by atoms with Crippen molar-refractivity contribution in [3.63, 3.8) is 0 Å². The molecule has 0 saturated heterocycles. The Morgan fingerprint density at radius 2 is 2.15 bits per heavy atom. The van der Waals surface area contributed by atoms with Gasteiger partial charge in [0.25, 0.3) is 0 Å². The summed E-state index contributed by atoms with van der Waals surface area (Å²) in [5.74, 6) is 1.32. The first kappa shape index (κ1) is 14.5. The second kappa shape index (κ2) is 6.52. The van der Waals surface area contributed by atoms with Crippen LogP contribution in [0, 0.1) is 0 Å². The third-order valence-electron chi connectivity index (χ3n) is 3.11. The zero-order valence-electron chi connectivity index (χ0n) is 12.4. The van der Waals surface area contributed by atoms with E-state index in [-0.39, 0.29) is 0 Å². The second-order valence-corrected chi connectivity index (χ2v) is 4.34. The molecule has 5 nitrogen and oxygen atoms in total. The van der Waals surface area contributed by atoms with Crippen molar-refractivity contribution in [3.05, 3.63) is 23.2 Å². The van der Waals surface area contributed by atoms with Crippen molar-refractivity contribution in [3.8, 4) is 0 Å². The molecular formula is C15H22N4O. The molecule has 3 rings (SSSR count). The van der Waals surface area contributed by atoms with Crippen molar-refractivity contribution in [1.29, 1.82) is 0 Å². The van der Waals surface area contributed by atoms with Crippen molar-refractivity contribution in [2.24, 2.45) is 0 Å². The van der Waals surface area contributed by atoms with Gasteiger partial charge >= 0.3 is 0 Å². The lowest BCUT2D eigenvalue weighted by atomic mass is 10.0. The van der Waals surface area contributed by atoms with Gasteiger partial charge in [0.2, 0.25) is 0 Å². The van der Waals surface area contributed by atoms with E-state index in [0.717, 1.165) is 41.0 Å². The summed E-state index contributed by atoms with van der Waals surface area (Å²) in [5, 5.41) is 0. The lowest BCUT2D eigenvalue weighted by Gasteiger charge is -2.10. The number of ether oxygens (including phenoxy) is 1. The van der Waals surface area contributed by atoms with Gasteiger partial charge in [-0.2, -0.15) is 0 Å². The zero-order chi connectivity index (χ0) is 14.5. The summed E-state index contributed by atoms with van der Waals surface area (Å²) >= 11 is 0. The summed E-state index contributed by atoms with van der Waals surface area (Å²) in [6, 6.07) is 0. The number of nitrogens with zero attached hydrogens (tertiary/aromatic N) is 2. The highest BCUT2D eigenvalue weighted by Gasteiger charge is 2.16. The average Bonchev–Trinajstić information content (AvgIpc) is 2.92. The maximum atomic E-state index is 5.98. The fraction of sp³-hybridized carbons (Fsp3) is 0.467. The average molecular weight is 274 g/mol. The highest BCUT2D eigenvalue weighted by molar-refractivity contribution is 5.92. The minimum absolute atomic E-state index is 0.475. The standard InChI is InChI=1S/C13H16N4O.C2H6/c1-2-18-7-10-16-11-8-5-3-4-6-9(8)15-13(14)12(11)17-10;1-2/h3,5H,2,4,6-7H2,1H3,(H2,14,15)(H,16,17);1-2H3. The maximum absolute atomic E-state index is 5.98. The number of hydrogen-bond acceptors (Lipinski definition) is 4. The molecule has 108 valence electrons. The van der Waals surface area contributed by atoms with Gasteiger partial charge in [-0.3, -0.25) is 0 Å². The Morgan fingerprint density at radius 1 is 1.35 bits per heavy atom. The van der Waals surface area contributed by atoms with Gasteiger partial charge in [-0.15, -0.1) is 0 Å². The second-order valence-electron chi connectivity index (χ2n) is 4.34. The Bertz CT molecular complexity index is 616. The van der Waals surface area contributed by atoms with Crippen LogP contribution in [0.4, 0.5) is 5.82 Å². The predicted molar refractivity (Wildman–Crippen MR) is 82.3 cm³/mol. The lowest BCUT2D eigenvalue weighted by molar-refractivity contribution is 0.129. The Balaban J connectivity index is 0.000000704. The van der Waals surface area contributed by atoms with Crippen LogP contribution in [0.25, 0.3) is 17.1 Å². The molecule has 2 aromatic heterocycles. The minimum Gasteiger partial charge on any atom is -0.382 e. The summed E-state index contributed by atoms with van der Waals surface area (Å²) in [5.41, 5.74) is 9.82. The first-order valence-electron chi connectivity index (χ1n) is 7.20. The first-order valence-corrected chi connectivity index (χ1v) is 7.20. The van der Waals surface area contributed by atoms with Crippen LogP contribution in [0.2, 0.25) is 0 Å². The van der Waals surface area contributed by atoms with E-state index in [0.29, 0.717) is 19.0 Å². The number of anilines is 1. The molecule has 0 radical (unpaired) electrons. The number of rotatable bonds is 3. The van der Waals surface area contributed by atoms with Gasteiger partial charge in [0, 0.05) is 12.2 Å². The molecule has 0 amide bonds. The van der Waals surface area contributed by atoms with Crippen LogP contribution in [0.15, 0.2) is 6.08 Å². The van der Waals surface area contributed by atoms with Crippen LogP contribution >= 0.6 is 0 Å². The summed E-state index contributed by atoms with van der Waals surface area (Å²) < 4.78 is 5.36. The van der Waals surface area contributed by atoms with E-state index >= 15 is 0 Å². The number of nitrogens with two attached hydrogens (primary N) is 1. The number of nitrogens with one attached hydrogen (secondary N) is 1. The molecule has 2 heterocycles. The molecular weight excluding hydrogens is 252 g/mol. The highest BCUT2D eigenvalue weighted by atomic mass is 16.5. The maximum Gasteiger partial charge on any atom is 0.149 e. The van der Waals surface area contributed by atoms with E-state index in [4.69, 9.17) is 10.5 Å². The summed E-state index contributed by atoms with van der Waals surface area (Å²) in [7, 11) is 0. The molecule has 5 heteroatoms. The number of H-pyrrole nitrogens is 1. The van der Waals surface area contributed by atoms with Crippen LogP contribution in [-0.2, 0) is 17.8 Å². The van der Waals surface area contributed by atoms with Crippen molar-refractivity contribution in [2.75, 3.05) is 12.3 Å². The Kier molecular flexibility index (Phi) is 4.74. The Labute approximate surface area is 119 Å². The van der Waals surface area contributed by atoms with Gasteiger partial charge in [0.05, 0.1) is 5.69 Å². The number of aryl methyl sites for hydroxylation is 1. The summed E-state index contributed by atoms with van der Waals surface area (Å²) in [4.78, 5) is 12.2. The number of fused-ring (bicyclic) bond motifs is 3. The van der Waals surface area contributed by atoms with Gasteiger partial charge in [0.1, 0.15) is 29.3 Å². The van der Waals surface area contributed by atoms with Crippen LogP contribution in [0.1, 0.15) is 44.3 Å². The lowest BCUT2D eigenvalue weighted by Crippen LogP contribution is -2.03. The van der Waals surface area contributed by atoms with Crippen LogP contribution in [0.3, 0.4) is 0 Å². The topological polar surface area (TPSA) is 76.8 Å². The molecule has 0 aliphatic heterocycles. The van der Waals surface area contributed by atoms with Crippen LogP contribution in [0.5, 0.6) is 0 Å². The number of aromatic nitrogens is 3. The molecule has 20 heavy (non-hydrogen) atoms. The van der Waals surface area contributed by atoms with E-state index in [1.807, 2.05) is 20.8 Å². The molecule has 3 N–H and O–H groups in total. The monoisotopic (exact) mass is 274 g/mol. The largest absolute Gasteiger partial charge is 0.382 e. The summed E-state index contributed by atoms with van der Waals surface area (Å²) in [6.07, 6.45) is 6.18. The van der Waals surface area contributed by atoms with E-state index in [1.54, 1.807) is 0 Å². The molecule has 0 saturated carbocycles. The fourth-order valence-electron chi connectivity index (χ4n) is 2.25. The number of allylic oxidation sites excluding steroid dienone is 1. The fourth-order valence-corrected chi connectivity index (χ4v) is 2.25.